The van der Waals surface area contributed by atoms with E-state index in [-0.39, 0.29) is 65.0 Å². The van der Waals surface area contributed by atoms with Gasteiger partial charge in [-0.1, -0.05) is 37.9 Å². The van der Waals surface area contributed by atoms with Gasteiger partial charge in [-0.3, -0.25) is 0 Å². The first-order chi connectivity index (χ1) is 30.3. The van der Waals surface area contributed by atoms with Crippen LogP contribution in [0.2, 0.25) is 0 Å². The Bertz CT molecular complexity index is 1700. The van der Waals surface area contributed by atoms with E-state index in [4.69, 9.17) is 47.4 Å². The first-order valence-corrected chi connectivity index (χ1v) is 20.9. The first kappa shape index (κ1) is 53.1. The van der Waals surface area contributed by atoms with Gasteiger partial charge in [0.15, 0.2) is 12.2 Å². The molecule has 17 nitrogen and oxygen atoms in total. The Morgan fingerprint density at radius 3 is 1.32 bits per heavy atom. The standard InChI is InChI=1S/C46H64N2O15/c1-34(2)42(49)58-24-14-8-12-22-47-45(52)62-40(32-60-37-16-10-7-11-17-37)30-54-26-28-56-38-18-20-39(21-19-38)57-29-27-55-31-41(33-61-44(51)36(5)6)63-46(53)48-23-13-9-15-25-59-43(50)35(3)4/h7,10-11,16-21,40-41H,1,3,5,8-9,12-15,22-33H2,2,4,6H3,(H,47,52)(H,48,53). The number of hydrogen-bond donors (Lipinski definition) is 2. The van der Waals surface area contributed by atoms with Crippen LogP contribution in [0.4, 0.5) is 9.59 Å². The number of nitrogens with one attached hydrogen (secondary N) is 2. The third-order valence-electron chi connectivity index (χ3n) is 8.24. The number of para-hydroxylation sites is 1. The predicted molar refractivity (Wildman–Crippen MR) is 233 cm³/mol. The van der Waals surface area contributed by atoms with Crippen LogP contribution < -0.4 is 24.8 Å². The highest BCUT2D eigenvalue weighted by molar-refractivity contribution is 5.87. The summed E-state index contributed by atoms with van der Waals surface area (Å²) < 4.78 is 55.1. The summed E-state index contributed by atoms with van der Waals surface area (Å²) in [5.41, 5.74) is 0.898. The van der Waals surface area contributed by atoms with Gasteiger partial charge in [-0.05, 0) is 95.7 Å². The molecule has 0 aromatic heterocycles. The van der Waals surface area contributed by atoms with Gasteiger partial charge in [0.2, 0.25) is 0 Å². The van der Waals surface area contributed by atoms with Gasteiger partial charge in [-0.2, -0.15) is 0 Å². The van der Waals surface area contributed by atoms with Crippen LogP contribution >= 0.6 is 0 Å². The molecule has 2 unspecified atom stereocenters. The predicted octanol–water partition coefficient (Wildman–Crippen LogP) is 6.44. The number of esters is 3. The number of carbonyl (C=O) groups excluding carboxylic acids is 5. The summed E-state index contributed by atoms with van der Waals surface area (Å²) in [4.78, 5) is 59.7. The minimum Gasteiger partial charge on any atom is -0.491 e. The molecule has 2 atom stereocenters. The van der Waals surface area contributed by atoms with Gasteiger partial charge in [0.05, 0.1) is 39.6 Å². The fraction of sp³-hybridized carbons (Fsp3) is 0.500. The van der Waals surface area contributed by atoms with Crippen LogP contribution in [-0.2, 0) is 47.5 Å². The maximum atomic E-state index is 12.5. The van der Waals surface area contributed by atoms with Crippen LogP contribution in [0, 0.1) is 0 Å². The SMILES string of the molecule is C=C(C)C(=O)OCCCCCNC(=O)OC(COCCOc1ccc(OCCOCC(COc2ccccc2)OC(=O)NCCCCCOC(=O)C(=C)C)cc1)COC(=O)C(=C)C. The molecular weight excluding hydrogens is 821 g/mol. The molecule has 0 spiro atoms. The van der Waals surface area contributed by atoms with Gasteiger partial charge in [0.1, 0.15) is 43.7 Å². The Balaban J connectivity index is 1.68. The van der Waals surface area contributed by atoms with Gasteiger partial charge in [0, 0.05) is 29.8 Å². The molecule has 0 saturated heterocycles. The second-order valence-corrected chi connectivity index (χ2v) is 14.2. The van der Waals surface area contributed by atoms with Crippen molar-refractivity contribution in [3.63, 3.8) is 0 Å². The molecule has 2 amide bonds. The number of carbonyl (C=O) groups is 5. The molecule has 63 heavy (non-hydrogen) atoms. The van der Waals surface area contributed by atoms with Gasteiger partial charge < -0.3 is 58.0 Å². The Kier molecular flexibility index (Phi) is 27.5. The van der Waals surface area contributed by atoms with E-state index >= 15 is 0 Å². The molecule has 0 bridgehead atoms. The lowest BCUT2D eigenvalue weighted by atomic mass is 10.2. The summed E-state index contributed by atoms with van der Waals surface area (Å²) in [6, 6.07) is 16.1. The molecule has 0 aliphatic heterocycles. The van der Waals surface area contributed by atoms with E-state index in [0.29, 0.717) is 80.2 Å². The van der Waals surface area contributed by atoms with Gasteiger partial charge in [-0.15, -0.1) is 0 Å². The second kappa shape index (κ2) is 32.6. The molecule has 2 N–H and O–H groups in total. The summed E-state index contributed by atoms with van der Waals surface area (Å²) >= 11 is 0. The molecule has 348 valence electrons. The van der Waals surface area contributed by atoms with E-state index in [9.17, 15) is 24.0 Å². The second-order valence-electron chi connectivity index (χ2n) is 14.2. The van der Waals surface area contributed by atoms with E-state index in [2.05, 4.69) is 30.4 Å². The van der Waals surface area contributed by atoms with Crippen molar-refractivity contribution in [2.75, 3.05) is 79.2 Å². The molecule has 17 heteroatoms. The number of rotatable bonds is 34. The smallest absolute Gasteiger partial charge is 0.407 e. The summed E-state index contributed by atoms with van der Waals surface area (Å²) in [6.07, 6.45) is 1.23. The molecule has 0 fully saturated rings. The zero-order valence-corrected chi connectivity index (χ0v) is 36.8. The van der Waals surface area contributed by atoms with E-state index in [1.165, 1.54) is 6.92 Å². The van der Waals surface area contributed by atoms with Crippen molar-refractivity contribution in [2.45, 2.75) is 71.5 Å². The lowest BCUT2D eigenvalue weighted by molar-refractivity contribution is -0.143. The Hall–Kier alpha value is -6.07. The van der Waals surface area contributed by atoms with Gasteiger partial charge in [-0.25, -0.2) is 24.0 Å². The maximum absolute atomic E-state index is 12.5. The number of benzene rings is 2. The van der Waals surface area contributed by atoms with Crippen molar-refractivity contribution in [3.05, 3.63) is 91.1 Å². The fourth-order valence-corrected chi connectivity index (χ4v) is 4.88. The van der Waals surface area contributed by atoms with Crippen molar-refractivity contribution in [2.24, 2.45) is 0 Å². The first-order valence-electron chi connectivity index (χ1n) is 20.9. The summed E-state index contributed by atoms with van der Waals surface area (Å²) in [6.45, 7) is 17.3. The Morgan fingerprint density at radius 1 is 0.460 bits per heavy atom. The highest BCUT2D eigenvalue weighted by Crippen LogP contribution is 2.18. The molecule has 0 saturated carbocycles. The summed E-state index contributed by atoms with van der Waals surface area (Å²) in [5, 5.41) is 5.38. The van der Waals surface area contributed by atoms with Crippen LogP contribution in [0.15, 0.2) is 91.1 Å². The van der Waals surface area contributed by atoms with Gasteiger partial charge in [0.25, 0.3) is 0 Å². The number of hydrogen-bond acceptors (Lipinski definition) is 15. The minimum atomic E-state index is -0.879. The molecule has 2 rings (SSSR count). The maximum Gasteiger partial charge on any atom is 0.407 e. The van der Waals surface area contributed by atoms with Crippen molar-refractivity contribution in [1.82, 2.24) is 10.6 Å². The average molecular weight is 885 g/mol. The molecule has 0 radical (unpaired) electrons. The lowest BCUT2D eigenvalue weighted by Crippen LogP contribution is -2.35. The average Bonchev–Trinajstić information content (AvgIpc) is 3.26. The van der Waals surface area contributed by atoms with Crippen LogP contribution in [0.25, 0.3) is 0 Å². The lowest BCUT2D eigenvalue weighted by Gasteiger charge is -2.19. The largest absolute Gasteiger partial charge is 0.491 e. The van der Waals surface area contributed by atoms with Crippen LogP contribution in [-0.4, -0.2) is 121 Å². The monoisotopic (exact) mass is 884 g/mol. The molecule has 0 aliphatic carbocycles. The molecule has 0 heterocycles. The van der Waals surface area contributed by atoms with E-state index in [1.54, 1.807) is 50.2 Å². The van der Waals surface area contributed by atoms with Crippen molar-refractivity contribution in [3.8, 4) is 17.2 Å². The van der Waals surface area contributed by atoms with Crippen LogP contribution in [0.3, 0.4) is 0 Å². The van der Waals surface area contributed by atoms with E-state index in [0.717, 1.165) is 6.42 Å². The van der Waals surface area contributed by atoms with Crippen molar-refractivity contribution < 1.29 is 71.3 Å². The zero-order chi connectivity index (χ0) is 46.1. The normalized spacial score (nSPS) is 11.5. The minimum absolute atomic E-state index is 0.0533. The Morgan fingerprint density at radius 2 is 0.873 bits per heavy atom. The summed E-state index contributed by atoms with van der Waals surface area (Å²) in [5.74, 6) is 0.316. The molecular formula is C46H64N2O15. The van der Waals surface area contributed by atoms with Crippen molar-refractivity contribution >= 4 is 30.1 Å². The van der Waals surface area contributed by atoms with E-state index < -0.39 is 42.3 Å². The van der Waals surface area contributed by atoms with Crippen LogP contribution in [0.1, 0.15) is 59.3 Å². The van der Waals surface area contributed by atoms with E-state index in [1.807, 2.05) is 18.2 Å². The quantitative estimate of drug-likeness (QED) is 0.0336. The third kappa shape index (κ3) is 26.8. The third-order valence-corrected chi connectivity index (χ3v) is 8.24. The summed E-state index contributed by atoms with van der Waals surface area (Å²) in [7, 11) is 0. The highest BCUT2D eigenvalue weighted by atomic mass is 16.6. The molecule has 2 aromatic rings. The number of ether oxygens (including phenoxy) is 10. The molecule has 0 aliphatic rings. The topological polar surface area (TPSA) is 202 Å². The molecule has 2 aromatic carbocycles. The number of alkyl carbamates (subject to hydrolysis) is 2. The van der Waals surface area contributed by atoms with Gasteiger partial charge >= 0.3 is 30.1 Å². The highest BCUT2D eigenvalue weighted by Gasteiger charge is 2.19. The van der Waals surface area contributed by atoms with Crippen molar-refractivity contribution in [1.29, 1.82) is 0 Å². The van der Waals surface area contributed by atoms with Crippen LogP contribution in [0.5, 0.6) is 17.2 Å². The number of amides is 2. The zero-order valence-electron chi connectivity index (χ0n) is 36.8. The number of unbranched alkanes of at least 4 members (excludes halogenated alkanes) is 4. The fourth-order valence-electron chi connectivity index (χ4n) is 4.88. The Labute approximate surface area is 370 Å².